The second-order valence-corrected chi connectivity index (χ2v) is 8.17. The van der Waals surface area contributed by atoms with Crippen molar-refractivity contribution in [2.45, 2.75) is 98.8 Å². The summed E-state index contributed by atoms with van der Waals surface area (Å²) in [6.07, 6.45) is 15.4. The number of carbonyl (C=O) groups is 3. The number of esters is 3. The standard InChI is InChI=1S/C11H20O2.C9H18O.C5H5N.C4H6O3/c1-4-5-6-7-8-10(2)9-13-11(3)12;1-3-4-5-6-7-9(2)8-10;1-2-4-6-5-3-1;1-3(5)7-4(2)6/h2,4-9H2,1,3H3;10H,2-8H2,1H3;1-5H;1-2H3. The fraction of sp³-hybridized carbons (Fsp3) is 0.586. The molecule has 0 saturated heterocycles. The van der Waals surface area contributed by atoms with Crippen LogP contribution in [-0.2, 0) is 23.9 Å². The number of unbranched alkanes of at least 4 members (excludes halogenated alkanes) is 6. The van der Waals surface area contributed by atoms with E-state index in [-0.39, 0.29) is 12.6 Å². The second kappa shape index (κ2) is 30.2. The van der Waals surface area contributed by atoms with Crippen molar-refractivity contribution in [1.29, 1.82) is 0 Å². The van der Waals surface area contributed by atoms with E-state index in [4.69, 9.17) is 9.84 Å². The van der Waals surface area contributed by atoms with Crippen LogP contribution in [0.5, 0.6) is 0 Å². The molecule has 7 nitrogen and oxygen atoms in total. The number of aliphatic hydroxyl groups excluding tert-OH is 1. The highest BCUT2D eigenvalue weighted by molar-refractivity contribution is 5.82. The number of nitrogens with zero attached hydrogens (tertiary/aromatic N) is 1. The smallest absolute Gasteiger partial charge is 0.310 e. The molecule has 0 aliphatic heterocycles. The van der Waals surface area contributed by atoms with Gasteiger partial charge in [-0.05, 0) is 43.4 Å². The fourth-order valence-electron chi connectivity index (χ4n) is 2.47. The van der Waals surface area contributed by atoms with E-state index in [1.807, 2.05) is 18.2 Å². The molecule has 1 heterocycles. The van der Waals surface area contributed by atoms with Crippen molar-refractivity contribution in [2.75, 3.05) is 13.2 Å². The summed E-state index contributed by atoms with van der Waals surface area (Å²) in [5.74, 6) is -1.35. The number of rotatable bonds is 13. The first-order valence-corrected chi connectivity index (χ1v) is 12.7. The molecule has 1 rings (SSSR count). The molecular formula is C29H49NO6. The zero-order chi connectivity index (χ0) is 28.0. The number of ether oxygens (including phenoxy) is 2. The summed E-state index contributed by atoms with van der Waals surface area (Å²) in [5, 5.41) is 8.59. The first-order valence-electron chi connectivity index (χ1n) is 12.7. The summed E-state index contributed by atoms with van der Waals surface area (Å²) in [6.45, 7) is 16.3. The van der Waals surface area contributed by atoms with Gasteiger partial charge in [0.1, 0.15) is 6.61 Å². The van der Waals surface area contributed by atoms with Gasteiger partial charge in [-0.3, -0.25) is 19.4 Å². The van der Waals surface area contributed by atoms with Crippen molar-refractivity contribution in [2.24, 2.45) is 0 Å². The molecular weight excluding hydrogens is 458 g/mol. The first-order chi connectivity index (χ1) is 17.1. The van der Waals surface area contributed by atoms with E-state index in [1.54, 1.807) is 12.4 Å². The minimum absolute atomic E-state index is 0.159. The number of aliphatic hydroxyl groups is 1. The van der Waals surface area contributed by atoms with Crippen LogP contribution in [0.15, 0.2) is 54.9 Å². The lowest BCUT2D eigenvalue weighted by atomic mass is 10.1. The number of hydrogen-bond donors (Lipinski definition) is 1. The predicted octanol–water partition coefficient (Wildman–Crippen LogP) is 6.76. The van der Waals surface area contributed by atoms with Crippen molar-refractivity contribution in [3.8, 4) is 0 Å². The van der Waals surface area contributed by atoms with Crippen LogP contribution in [0.2, 0.25) is 0 Å². The van der Waals surface area contributed by atoms with Gasteiger partial charge in [-0.1, -0.05) is 77.2 Å². The van der Waals surface area contributed by atoms with Crippen molar-refractivity contribution in [1.82, 2.24) is 4.98 Å². The number of hydrogen-bond acceptors (Lipinski definition) is 7. The Morgan fingerprint density at radius 1 is 0.722 bits per heavy atom. The van der Waals surface area contributed by atoms with Gasteiger partial charge >= 0.3 is 17.9 Å². The molecule has 0 aliphatic rings. The first kappa shape index (κ1) is 37.7. The maximum Gasteiger partial charge on any atom is 0.310 e. The molecule has 0 unspecified atom stereocenters. The van der Waals surface area contributed by atoms with Crippen LogP contribution in [0.25, 0.3) is 0 Å². The lowest BCUT2D eigenvalue weighted by Gasteiger charge is -2.05. The van der Waals surface area contributed by atoms with Crippen molar-refractivity contribution < 1.29 is 29.0 Å². The van der Waals surface area contributed by atoms with Gasteiger partial charge in [0.05, 0.1) is 6.61 Å². The van der Waals surface area contributed by atoms with Crippen LogP contribution in [0.4, 0.5) is 0 Å². The van der Waals surface area contributed by atoms with Crippen LogP contribution in [0.3, 0.4) is 0 Å². The monoisotopic (exact) mass is 507 g/mol. The topological polar surface area (TPSA) is 103 Å². The van der Waals surface area contributed by atoms with Gasteiger partial charge < -0.3 is 14.6 Å². The second-order valence-electron chi connectivity index (χ2n) is 8.17. The number of carbonyl (C=O) groups excluding carboxylic acids is 3. The Kier molecular flexibility index (Phi) is 31.7. The Morgan fingerprint density at radius 2 is 1.19 bits per heavy atom. The predicted molar refractivity (Wildman–Crippen MR) is 146 cm³/mol. The Bertz CT molecular complexity index is 650. The minimum Gasteiger partial charge on any atom is -0.461 e. The summed E-state index contributed by atoms with van der Waals surface area (Å²) in [7, 11) is 0. The van der Waals surface area contributed by atoms with E-state index in [0.29, 0.717) is 6.61 Å². The highest BCUT2D eigenvalue weighted by Crippen LogP contribution is 2.09. The molecule has 0 radical (unpaired) electrons. The van der Waals surface area contributed by atoms with Gasteiger partial charge in [0.2, 0.25) is 0 Å². The van der Waals surface area contributed by atoms with Gasteiger partial charge in [0.25, 0.3) is 0 Å². The summed E-state index contributed by atoms with van der Waals surface area (Å²) in [5.41, 5.74) is 1.99. The maximum atomic E-state index is 10.5. The van der Waals surface area contributed by atoms with Crippen LogP contribution in [0, 0.1) is 0 Å². The average molecular weight is 508 g/mol. The molecule has 0 atom stereocenters. The highest BCUT2D eigenvalue weighted by atomic mass is 16.6. The molecule has 1 aromatic heterocycles. The minimum atomic E-state index is -0.562. The van der Waals surface area contributed by atoms with Crippen molar-refractivity contribution >= 4 is 17.9 Å². The Morgan fingerprint density at radius 3 is 1.47 bits per heavy atom. The maximum absolute atomic E-state index is 10.5. The average Bonchev–Trinajstić information content (AvgIpc) is 2.84. The Hall–Kier alpha value is -2.80. The van der Waals surface area contributed by atoms with Crippen molar-refractivity contribution in [3.05, 3.63) is 54.9 Å². The zero-order valence-electron chi connectivity index (χ0n) is 23.2. The molecule has 0 amide bonds. The van der Waals surface area contributed by atoms with Crippen LogP contribution in [-0.4, -0.2) is 41.2 Å². The third-order valence-corrected chi connectivity index (χ3v) is 4.32. The normalized spacial score (nSPS) is 9.06. The van der Waals surface area contributed by atoms with Gasteiger partial charge in [-0.15, -0.1) is 0 Å². The lowest BCUT2D eigenvalue weighted by Crippen LogP contribution is -2.03. The van der Waals surface area contributed by atoms with E-state index in [9.17, 15) is 14.4 Å². The van der Waals surface area contributed by atoms with Gasteiger partial charge in [-0.2, -0.15) is 0 Å². The third kappa shape index (κ3) is 41.5. The molecule has 1 aromatic rings. The zero-order valence-corrected chi connectivity index (χ0v) is 23.2. The molecule has 36 heavy (non-hydrogen) atoms. The van der Waals surface area contributed by atoms with Crippen molar-refractivity contribution in [3.63, 3.8) is 0 Å². The van der Waals surface area contributed by atoms with Crippen LogP contribution >= 0.6 is 0 Å². The molecule has 206 valence electrons. The lowest BCUT2D eigenvalue weighted by molar-refractivity contribution is -0.156. The van der Waals surface area contributed by atoms with E-state index >= 15 is 0 Å². The summed E-state index contributed by atoms with van der Waals surface area (Å²) in [4.78, 5) is 33.9. The largest absolute Gasteiger partial charge is 0.461 e. The molecule has 0 aliphatic carbocycles. The summed E-state index contributed by atoms with van der Waals surface area (Å²) < 4.78 is 8.79. The molecule has 0 bridgehead atoms. The summed E-state index contributed by atoms with van der Waals surface area (Å²) in [6, 6.07) is 5.72. The van der Waals surface area contributed by atoms with Gasteiger partial charge in [0, 0.05) is 33.2 Å². The number of aromatic nitrogens is 1. The molecule has 1 N–H and O–H groups in total. The van der Waals surface area contributed by atoms with E-state index in [2.05, 4.69) is 36.7 Å². The van der Waals surface area contributed by atoms with Gasteiger partial charge in [-0.25, -0.2) is 0 Å². The van der Waals surface area contributed by atoms with Crippen LogP contribution in [0.1, 0.15) is 98.8 Å². The molecule has 0 aromatic carbocycles. The van der Waals surface area contributed by atoms with Gasteiger partial charge in [0.15, 0.2) is 0 Å². The molecule has 0 saturated carbocycles. The fourth-order valence-corrected chi connectivity index (χ4v) is 2.47. The highest BCUT2D eigenvalue weighted by Gasteiger charge is 1.97. The third-order valence-electron chi connectivity index (χ3n) is 4.32. The van der Waals surface area contributed by atoms with E-state index in [0.717, 1.165) is 30.4 Å². The molecule has 0 spiro atoms. The summed E-state index contributed by atoms with van der Waals surface area (Å²) >= 11 is 0. The Labute approximate surface area is 219 Å². The van der Waals surface area contributed by atoms with Crippen LogP contribution < -0.4 is 0 Å². The SMILES string of the molecule is C=C(CCCCCC)COC(C)=O.C=C(CO)CCCCCC.CC(=O)OC(C)=O.c1ccncc1. The number of pyridine rings is 1. The molecule has 7 heteroatoms. The Balaban J connectivity index is -0.000000421. The quantitative estimate of drug-likeness (QED) is 0.136. The molecule has 0 fully saturated rings. The van der Waals surface area contributed by atoms with E-state index in [1.165, 1.54) is 65.7 Å². The van der Waals surface area contributed by atoms with E-state index < -0.39 is 11.9 Å².